The Morgan fingerprint density at radius 1 is 0.826 bits per heavy atom. The summed E-state index contributed by atoms with van der Waals surface area (Å²) < 4.78 is 44.7. The van der Waals surface area contributed by atoms with Crippen LogP contribution in [0.4, 0.5) is 10.1 Å². The summed E-state index contributed by atoms with van der Waals surface area (Å²) in [7, 11) is -4.23. The molecule has 0 aliphatic heterocycles. The van der Waals surface area contributed by atoms with Gasteiger partial charge in [-0.3, -0.25) is 13.9 Å². The molecule has 46 heavy (non-hydrogen) atoms. The Kier molecular flexibility index (Phi) is 11.4. The van der Waals surface area contributed by atoms with Crippen LogP contribution in [-0.4, -0.2) is 44.3 Å². The maximum Gasteiger partial charge on any atom is 0.264 e. The minimum Gasteiger partial charge on any atom is -0.354 e. The average molecular weight is 644 g/mol. The molecule has 1 N–H and O–H groups in total. The summed E-state index contributed by atoms with van der Waals surface area (Å²) in [6.07, 6.45) is 0.152. The number of hydrogen-bond acceptors (Lipinski definition) is 4. The summed E-state index contributed by atoms with van der Waals surface area (Å²) in [5, 5.41) is 2.94. The van der Waals surface area contributed by atoms with Gasteiger partial charge in [-0.1, -0.05) is 92.2 Å². The molecular weight excluding hydrogens is 601 g/mol. The van der Waals surface area contributed by atoms with Crippen LogP contribution in [0.3, 0.4) is 0 Å². The summed E-state index contributed by atoms with van der Waals surface area (Å²) in [5.74, 6) is -1.42. The molecule has 2 amide bonds. The monoisotopic (exact) mass is 643 g/mol. The van der Waals surface area contributed by atoms with Gasteiger partial charge in [-0.15, -0.1) is 0 Å². The van der Waals surface area contributed by atoms with Gasteiger partial charge in [0.25, 0.3) is 10.0 Å². The van der Waals surface area contributed by atoms with Gasteiger partial charge < -0.3 is 10.2 Å². The number of sulfonamides is 1. The molecule has 0 fully saturated rings. The van der Waals surface area contributed by atoms with Gasteiger partial charge in [0.1, 0.15) is 18.4 Å². The number of amides is 2. The number of anilines is 1. The minimum absolute atomic E-state index is 0.0305. The van der Waals surface area contributed by atoms with Crippen molar-refractivity contribution in [2.45, 2.75) is 58.5 Å². The van der Waals surface area contributed by atoms with Crippen molar-refractivity contribution in [2.24, 2.45) is 5.92 Å². The Morgan fingerprint density at radius 3 is 2.11 bits per heavy atom. The molecular formula is C37H42FN3O4S. The van der Waals surface area contributed by atoms with E-state index in [0.29, 0.717) is 17.8 Å². The first-order valence-electron chi connectivity index (χ1n) is 15.4. The van der Waals surface area contributed by atoms with E-state index < -0.39 is 40.2 Å². The van der Waals surface area contributed by atoms with Crippen LogP contribution in [-0.2, 0) is 32.6 Å². The maximum atomic E-state index is 15.1. The standard InChI is InChI=1S/C37H42FN3O4S/c1-26(2)23-39-37(43)35(22-30-11-7-6-8-12-30)40(24-31-13-9-10-14-33(31)38)36(42)25-41(34-21-28(4)15-18-29(34)5)46(44,45)32-19-16-27(3)17-20-32/h6-21,26,35H,22-25H2,1-5H3,(H,39,43). The third kappa shape index (κ3) is 8.60. The van der Waals surface area contributed by atoms with E-state index in [4.69, 9.17) is 0 Å². The zero-order valence-electron chi connectivity index (χ0n) is 27.0. The van der Waals surface area contributed by atoms with Crippen LogP contribution in [0, 0.1) is 32.5 Å². The van der Waals surface area contributed by atoms with Gasteiger partial charge in [-0.25, -0.2) is 12.8 Å². The lowest BCUT2D eigenvalue weighted by molar-refractivity contribution is -0.140. The summed E-state index contributed by atoms with van der Waals surface area (Å²) in [6, 6.07) is 26.1. The fourth-order valence-corrected chi connectivity index (χ4v) is 6.60. The Labute approximate surface area is 272 Å². The topological polar surface area (TPSA) is 86.8 Å². The van der Waals surface area contributed by atoms with E-state index in [2.05, 4.69) is 5.32 Å². The summed E-state index contributed by atoms with van der Waals surface area (Å²) >= 11 is 0. The second kappa shape index (κ2) is 15.2. The number of carbonyl (C=O) groups excluding carboxylic acids is 2. The first-order chi connectivity index (χ1) is 21.9. The third-order valence-electron chi connectivity index (χ3n) is 7.78. The first-order valence-corrected chi connectivity index (χ1v) is 16.8. The Bertz CT molecular complexity index is 1760. The van der Waals surface area contributed by atoms with E-state index in [1.54, 1.807) is 43.3 Å². The highest BCUT2D eigenvalue weighted by Gasteiger charge is 2.35. The van der Waals surface area contributed by atoms with Crippen LogP contribution < -0.4 is 9.62 Å². The predicted octanol–water partition coefficient (Wildman–Crippen LogP) is 6.36. The first kappa shape index (κ1) is 34.4. The van der Waals surface area contributed by atoms with E-state index >= 15 is 4.39 Å². The molecule has 0 aliphatic rings. The lowest BCUT2D eigenvalue weighted by atomic mass is 10.0. The molecule has 242 valence electrons. The number of nitrogens with one attached hydrogen (secondary N) is 1. The Hall–Kier alpha value is -4.50. The van der Waals surface area contributed by atoms with E-state index in [-0.39, 0.29) is 29.3 Å². The number of hydrogen-bond donors (Lipinski definition) is 1. The van der Waals surface area contributed by atoms with Crippen molar-refractivity contribution in [1.29, 1.82) is 0 Å². The second-order valence-electron chi connectivity index (χ2n) is 12.1. The van der Waals surface area contributed by atoms with Gasteiger partial charge in [0.05, 0.1) is 10.6 Å². The van der Waals surface area contributed by atoms with Gasteiger partial charge in [0.15, 0.2) is 0 Å². The highest BCUT2D eigenvalue weighted by Crippen LogP contribution is 2.29. The van der Waals surface area contributed by atoms with Crippen molar-refractivity contribution in [3.8, 4) is 0 Å². The van der Waals surface area contributed by atoms with Crippen LogP contribution in [0.25, 0.3) is 0 Å². The van der Waals surface area contributed by atoms with E-state index in [0.717, 1.165) is 21.0 Å². The van der Waals surface area contributed by atoms with Crippen LogP contribution in [0.1, 0.15) is 41.7 Å². The SMILES string of the molecule is Cc1ccc(S(=O)(=O)N(CC(=O)N(Cc2ccccc2F)C(Cc2ccccc2)C(=O)NCC(C)C)c2cc(C)ccc2C)cc1. The van der Waals surface area contributed by atoms with Crippen molar-refractivity contribution < 1.29 is 22.4 Å². The number of nitrogens with zero attached hydrogens (tertiary/aromatic N) is 2. The van der Waals surface area contributed by atoms with Crippen LogP contribution in [0.15, 0.2) is 102 Å². The molecule has 4 rings (SSSR count). The molecule has 1 atom stereocenters. The summed E-state index contributed by atoms with van der Waals surface area (Å²) in [4.78, 5) is 29.7. The molecule has 0 aromatic heterocycles. The lowest BCUT2D eigenvalue weighted by Crippen LogP contribution is -2.54. The van der Waals surface area contributed by atoms with Crippen LogP contribution >= 0.6 is 0 Å². The Morgan fingerprint density at radius 2 is 1.46 bits per heavy atom. The van der Waals surface area contributed by atoms with Gasteiger partial charge in [0, 0.05) is 25.1 Å². The second-order valence-corrected chi connectivity index (χ2v) is 13.9. The van der Waals surface area contributed by atoms with E-state index in [9.17, 15) is 18.0 Å². The molecule has 0 spiro atoms. The van der Waals surface area contributed by atoms with Crippen molar-refractivity contribution >= 4 is 27.5 Å². The highest BCUT2D eigenvalue weighted by molar-refractivity contribution is 7.92. The zero-order chi connectivity index (χ0) is 33.4. The zero-order valence-corrected chi connectivity index (χ0v) is 27.9. The van der Waals surface area contributed by atoms with Gasteiger partial charge in [0.2, 0.25) is 11.8 Å². The molecule has 9 heteroatoms. The number of benzene rings is 4. The lowest BCUT2D eigenvalue weighted by Gasteiger charge is -2.34. The maximum absolute atomic E-state index is 15.1. The largest absolute Gasteiger partial charge is 0.354 e. The highest BCUT2D eigenvalue weighted by atomic mass is 32.2. The van der Waals surface area contributed by atoms with Gasteiger partial charge in [-0.2, -0.15) is 0 Å². The van der Waals surface area contributed by atoms with Crippen molar-refractivity contribution in [1.82, 2.24) is 10.2 Å². The van der Waals surface area contributed by atoms with E-state index in [1.807, 2.05) is 70.2 Å². The van der Waals surface area contributed by atoms with E-state index in [1.165, 1.54) is 23.1 Å². The van der Waals surface area contributed by atoms with Crippen molar-refractivity contribution in [2.75, 3.05) is 17.4 Å². The summed E-state index contributed by atoms with van der Waals surface area (Å²) in [5.41, 5.74) is 3.73. The molecule has 4 aromatic carbocycles. The molecule has 0 radical (unpaired) electrons. The molecule has 0 saturated heterocycles. The number of halogens is 1. The summed E-state index contributed by atoms with van der Waals surface area (Å²) in [6.45, 7) is 8.97. The number of carbonyl (C=O) groups is 2. The third-order valence-corrected chi connectivity index (χ3v) is 9.55. The normalized spacial score (nSPS) is 12.1. The van der Waals surface area contributed by atoms with Gasteiger partial charge >= 0.3 is 0 Å². The average Bonchev–Trinajstić information content (AvgIpc) is 3.03. The molecule has 1 unspecified atom stereocenters. The smallest absolute Gasteiger partial charge is 0.264 e. The van der Waals surface area contributed by atoms with Crippen molar-refractivity contribution in [3.05, 3.63) is 131 Å². The number of rotatable bonds is 13. The molecule has 0 bridgehead atoms. The van der Waals surface area contributed by atoms with Crippen LogP contribution in [0.2, 0.25) is 0 Å². The fraction of sp³-hybridized carbons (Fsp3) is 0.297. The van der Waals surface area contributed by atoms with Crippen LogP contribution in [0.5, 0.6) is 0 Å². The Balaban J connectivity index is 1.84. The molecule has 7 nitrogen and oxygen atoms in total. The van der Waals surface area contributed by atoms with Gasteiger partial charge in [-0.05, 0) is 67.6 Å². The fourth-order valence-electron chi connectivity index (χ4n) is 5.13. The molecule has 0 heterocycles. The van der Waals surface area contributed by atoms with Crippen molar-refractivity contribution in [3.63, 3.8) is 0 Å². The molecule has 0 saturated carbocycles. The molecule has 0 aliphatic carbocycles. The molecule has 4 aromatic rings. The number of aryl methyl sites for hydroxylation is 3. The quantitative estimate of drug-likeness (QED) is 0.184. The minimum atomic E-state index is -4.23. The predicted molar refractivity (Wildman–Crippen MR) is 180 cm³/mol.